The van der Waals surface area contributed by atoms with Crippen LogP contribution >= 0.6 is 0 Å². The summed E-state index contributed by atoms with van der Waals surface area (Å²) >= 11 is 0. The molecule has 13 heteroatoms. The minimum Gasteiger partial charge on any atom is -0.463 e. The van der Waals surface area contributed by atoms with Crippen LogP contribution in [0.15, 0.2) is 91.0 Å². The maximum atomic E-state index is 12.3. The maximum Gasteiger partial charge on any atom is 0.303 e. The lowest BCUT2D eigenvalue weighted by molar-refractivity contribution is -0.337. The van der Waals surface area contributed by atoms with E-state index in [1.165, 1.54) is 20.8 Å². The first-order chi connectivity index (χ1) is 24.7. The quantitative estimate of drug-likeness (QED) is 0.170. The molecule has 3 aromatic rings. The van der Waals surface area contributed by atoms with Gasteiger partial charge in [-0.05, 0) is 16.7 Å². The minimum absolute atomic E-state index is 0.0531. The Hall–Kier alpha value is -4.21. The summed E-state index contributed by atoms with van der Waals surface area (Å²) in [5.74, 6) is -1.96. The van der Waals surface area contributed by atoms with Crippen LogP contribution in [0.3, 0.4) is 0 Å². The highest BCUT2D eigenvalue weighted by atomic mass is 16.8. The zero-order chi connectivity index (χ0) is 36.2. The second-order valence-electron chi connectivity index (χ2n) is 12.2. The number of carbonyl (C=O) groups is 3. The first kappa shape index (κ1) is 38.0. The van der Waals surface area contributed by atoms with Crippen LogP contribution in [0.1, 0.15) is 37.5 Å². The zero-order valence-corrected chi connectivity index (χ0v) is 28.7. The van der Waals surface area contributed by atoms with Crippen LogP contribution in [0.5, 0.6) is 0 Å². The van der Waals surface area contributed by atoms with E-state index < -0.39 is 73.2 Å². The van der Waals surface area contributed by atoms with Crippen molar-refractivity contribution in [2.75, 3.05) is 13.2 Å². The molecule has 2 saturated heterocycles. The fourth-order valence-electron chi connectivity index (χ4n) is 5.90. The van der Waals surface area contributed by atoms with E-state index in [0.29, 0.717) is 0 Å². The summed E-state index contributed by atoms with van der Waals surface area (Å²) in [7, 11) is 0. The van der Waals surface area contributed by atoms with E-state index in [1.54, 1.807) is 0 Å². The number of carbonyl (C=O) groups excluding carboxylic acids is 3. The third-order valence-electron chi connectivity index (χ3n) is 8.19. The Bertz CT molecular complexity index is 1520. The van der Waals surface area contributed by atoms with Gasteiger partial charge in [0.15, 0.2) is 24.8 Å². The van der Waals surface area contributed by atoms with Crippen LogP contribution in [0.2, 0.25) is 0 Å². The largest absolute Gasteiger partial charge is 0.463 e. The van der Waals surface area contributed by atoms with Crippen molar-refractivity contribution >= 4 is 17.9 Å². The van der Waals surface area contributed by atoms with Crippen molar-refractivity contribution in [3.63, 3.8) is 0 Å². The fourth-order valence-corrected chi connectivity index (χ4v) is 5.90. The van der Waals surface area contributed by atoms with E-state index in [4.69, 9.17) is 42.6 Å². The molecule has 2 heterocycles. The van der Waals surface area contributed by atoms with E-state index in [9.17, 15) is 19.5 Å². The van der Waals surface area contributed by atoms with E-state index >= 15 is 0 Å². The second-order valence-corrected chi connectivity index (χ2v) is 12.2. The van der Waals surface area contributed by atoms with Crippen molar-refractivity contribution in [3.05, 3.63) is 108 Å². The lowest BCUT2D eigenvalue weighted by atomic mass is 9.97. The molecule has 0 aromatic heterocycles. The molecular weight excluding hydrogens is 664 g/mol. The van der Waals surface area contributed by atoms with Gasteiger partial charge in [-0.25, -0.2) is 0 Å². The van der Waals surface area contributed by atoms with Crippen LogP contribution < -0.4 is 0 Å². The summed E-state index contributed by atoms with van der Waals surface area (Å²) in [6.07, 6.45) is -10.4. The second kappa shape index (κ2) is 18.9. The van der Waals surface area contributed by atoms with Crippen molar-refractivity contribution in [2.45, 2.75) is 95.9 Å². The van der Waals surface area contributed by atoms with E-state index in [-0.39, 0.29) is 33.0 Å². The predicted molar refractivity (Wildman–Crippen MR) is 178 cm³/mol. The van der Waals surface area contributed by atoms with Gasteiger partial charge in [-0.1, -0.05) is 91.0 Å². The molecule has 0 saturated carbocycles. The summed E-state index contributed by atoms with van der Waals surface area (Å²) in [6, 6.07) is 28.4. The predicted octanol–water partition coefficient (Wildman–Crippen LogP) is 3.63. The van der Waals surface area contributed by atoms with Crippen LogP contribution in [0, 0.1) is 0 Å². The fraction of sp³-hybridized carbons (Fsp3) is 0.447. The zero-order valence-electron chi connectivity index (χ0n) is 28.7. The molecule has 2 aliphatic heterocycles. The Balaban J connectivity index is 1.47. The molecule has 3 aromatic carbocycles. The molecule has 2 aliphatic rings. The molecule has 1 N–H and O–H groups in total. The number of aliphatic hydroxyl groups excluding tert-OH is 1. The molecule has 0 radical (unpaired) electrons. The Morgan fingerprint density at radius 1 is 0.569 bits per heavy atom. The lowest BCUT2D eigenvalue weighted by Gasteiger charge is -2.45. The molecule has 0 amide bonds. The number of rotatable bonds is 16. The monoisotopic (exact) mass is 708 g/mol. The molecule has 274 valence electrons. The van der Waals surface area contributed by atoms with Crippen molar-refractivity contribution < 1.29 is 62.1 Å². The van der Waals surface area contributed by atoms with E-state index in [0.717, 1.165) is 16.7 Å². The van der Waals surface area contributed by atoms with Crippen LogP contribution in [0.25, 0.3) is 0 Å². The van der Waals surface area contributed by atoms with Gasteiger partial charge >= 0.3 is 17.9 Å². The summed E-state index contributed by atoms with van der Waals surface area (Å²) in [5.41, 5.74) is 2.62. The highest BCUT2D eigenvalue weighted by Crippen LogP contribution is 2.35. The molecule has 2 fully saturated rings. The molecule has 51 heavy (non-hydrogen) atoms. The Kier molecular flexibility index (Phi) is 14.1. The van der Waals surface area contributed by atoms with Gasteiger partial charge in [-0.3, -0.25) is 14.4 Å². The molecule has 5 rings (SSSR count). The number of aliphatic hydroxyl groups is 1. The Morgan fingerprint density at radius 2 is 1.06 bits per heavy atom. The molecular formula is C38H44O13. The summed E-state index contributed by atoms with van der Waals surface area (Å²) in [5, 5.41) is 11.4. The lowest BCUT2D eigenvalue weighted by Crippen LogP contribution is -2.62. The number of esters is 3. The van der Waals surface area contributed by atoms with Gasteiger partial charge < -0.3 is 47.7 Å². The average molecular weight is 709 g/mol. The molecule has 13 nitrogen and oxygen atoms in total. The molecule has 0 bridgehead atoms. The van der Waals surface area contributed by atoms with Crippen LogP contribution in [-0.4, -0.2) is 91.5 Å². The SMILES string of the molecule is CC(=O)OCC1OC(OC2C(COCc3ccccc3)O[C@H](O)[C@@H](OCc3ccccc3)C2OCc2ccccc2)C(OC(C)=O)C1OC(C)=O. The topological polar surface area (TPSA) is 155 Å². The van der Waals surface area contributed by atoms with Gasteiger partial charge in [-0.15, -0.1) is 0 Å². The van der Waals surface area contributed by atoms with E-state index in [2.05, 4.69) is 0 Å². The number of benzene rings is 3. The van der Waals surface area contributed by atoms with Crippen LogP contribution in [-0.2, 0) is 76.8 Å². The third kappa shape index (κ3) is 11.1. The number of ether oxygens (including phenoxy) is 9. The van der Waals surface area contributed by atoms with Crippen LogP contribution in [0.4, 0.5) is 0 Å². The summed E-state index contributed by atoms with van der Waals surface area (Å²) in [4.78, 5) is 36.2. The minimum atomic E-state index is -1.46. The summed E-state index contributed by atoms with van der Waals surface area (Å²) in [6.45, 7) is 3.72. The summed E-state index contributed by atoms with van der Waals surface area (Å²) < 4.78 is 54.1. The number of hydrogen-bond acceptors (Lipinski definition) is 13. The van der Waals surface area contributed by atoms with E-state index in [1.807, 2.05) is 91.0 Å². The normalized spacial score (nSPS) is 27.4. The van der Waals surface area contributed by atoms with Crippen molar-refractivity contribution in [2.24, 2.45) is 0 Å². The van der Waals surface area contributed by atoms with Crippen molar-refractivity contribution in [3.8, 4) is 0 Å². The third-order valence-corrected chi connectivity index (χ3v) is 8.19. The molecule has 0 aliphatic carbocycles. The average Bonchev–Trinajstić information content (AvgIpc) is 3.42. The van der Waals surface area contributed by atoms with Crippen molar-refractivity contribution in [1.29, 1.82) is 0 Å². The van der Waals surface area contributed by atoms with Gasteiger partial charge in [-0.2, -0.15) is 0 Å². The van der Waals surface area contributed by atoms with Crippen molar-refractivity contribution in [1.82, 2.24) is 0 Å². The highest BCUT2D eigenvalue weighted by molar-refractivity contribution is 5.68. The molecule has 9 atom stereocenters. The van der Waals surface area contributed by atoms with Gasteiger partial charge in [0.05, 0.1) is 26.4 Å². The smallest absolute Gasteiger partial charge is 0.303 e. The Labute approximate surface area is 296 Å². The van der Waals surface area contributed by atoms with Gasteiger partial charge in [0.25, 0.3) is 0 Å². The van der Waals surface area contributed by atoms with Gasteiger partial charge in [0, 0.05) is 20.8 Å². The first-order valence-electron chi connectivity index (χ1n) is 16.7. The Morgan fingerprint density at radius 3 is 1.59 bits per heavy atom. The number of hydrogen-bond donors (Lipinski definition) is 1. The molecule has 7 unspecified atom stereocenters. The van der Waals surface area contributed by atoms with Gasteiger partial charge in [0.1, 0.15) is 37.1 Å². The highest BCUT2D eigenvalue weighted by Gasteiger charge is 2.55. The van der Waals surface area contributed by atoms with Gasteiger partial charge in [0.2, 0.25) is 0 Å². The first-order valence-corrected chi connectivity index (χ1v) is 16.7. The maximum absolute atomic E-state index is 12.3. The molecule has 0 spiro atoms. The standard InChI is InChI=1S/C38H44O13/c1-24(39)44-23-31-33(47-25(2)40)36(48-26(3)41)38(50-31)51-32-30(22-43-19-27-13-7-4-8-14-27)49-37(42)35(46-21-29-17-11-6-12-18-29)34(32)45-20-28-15-9-5-10-16-28/h4-18,30-38,42H,19-23H2,1-3H3/t30?,31?,32?,33?,34?,35-,36?,37-,38?/m0/s1.